The monoisotopic (exact) mass is 258 g/mol. The third kappa shape index (κ3) is 2.49. The van der Waals surface area contributed by atoms with Crippen molar-refractivity contribution in [3.8, 4) is 0 Å². The van der Waals surface area contributed by atoms with Crippen LogP contribution >= 0.6 is 11.6 Å². The Labute approximate surface area is 112 Å². The molecule has 0 bridgehead atoms. The maximum absolute atomic E-state index is 5.86. The largest absolute Gasteiger partial charge is 0.382 e. The molecule has 0 radical (unpaired) electrons. The van der Waals surface area contributed by atoms with Gasteiger partial charge in [0.25, 0.3) is 0 Å². The smallest absolute Gasteiger partial charge is 0.131 e. The number of halogens is 1. The van der Waals surface area contributed by atoms with Gasteiger partial charge >= 0.3 is 0 Å². The molecule has 0 saturated heterocycles. The topological polar surface area (TPSA) is 24.9 Å². The maximum atomic E-state index is 5.86. The van der Waals surface area contributed by atoms with Gasteiger partial charge in [0.1, 0.15) is 5.15 Å². The molecule has 1 aromatic heterocycles. The van der Waals surface area contributed by atoms with E-state index in [2.05, 4.69) is 40.6 Å². The van der Waals surface area contributed by atoms with Crippen LogP contribution in [0.25, 0.3) is 0 Å². The molecule has 1 aromatic carbocycles. The Morgan fingerprint density at radius 3 is 2.61 bits per heavy atom. The Morgan fingerprint density at radius 1 is 1.11 bits per heavy atom. The average Bonchev–Trinajstić information content (AvgIpc) is 2.34. The van der Waals surface area contributed by atoms with Crippen molar-refractivity contribution in [2.24, 2.45) is 0 Å². The lowest BCUT2D eigenvalue weighted by Gasteiger charge is -2.36. The zero-order valence-electron chi connectivity index (χ0n) is 10.0. The molecule has 18 heavy (non-hydrogen) atoms. The van der Waals surface area contributed by atoms with Crippen LogP contribution in [-0.4, -0.2) is 11.0 Å². The number of hydrogen-bond donors (Lipinski definition) is 1. The van der Waals surface area contributed by atoms with Crippen LogP contribution in [0.4, 0.5) is 5.69 Å². The molecular formula is C15H15ClN2. The highest BCUT2D eigenvalue weighted by Crippen LogP contribution is 2.38. The van der Waals surface area contributed by atoms with Crippen LogP contribution in [0.1, 0.15) is 24.3 Å². The van der Waals surface area contributed by atoms with Crippen molar-refractivity contribution in [3.05, 3.63) is 59.4 Å². The van der Waals surface area contributed by atoms with Gasteiger partial charge in [0.2, 0.25) is 0 Å². The third-order valence-electron chi connectivity index (χ3n) is 3.51. The summed E-state index contributed by atoms with van der Waals surface area (Å²) in [5.74, 6) is 0.695. The van der Waals surface area contributed by atoms with E-state index in [0.29, 0.717) is 17.1 Å². The molecule has 0 unspecified atom stereocenters. The van der Waals surface area contributed by atoms with Crippen molar-refractivity contribution < 1.29 is 0 Å². The van der Waals surface area contributed by atoms with Crippen molar-refractivity contribution >= 4 is 17.3 Å². The van der Waals surface area contributed by atoms with Gasteiger partial charge in [0, 0.05) is 17.9 Å². The SMILES string of the molecule is Clc1cc(NC2CC(c3ccccc3)C2)ccn1. The summed E-state index contributed by atoms with van der Waals surface area (Å²) in [6.07, 6.45) is 4.10. The molecule has 1 saturated carbocycles. The maximum Gasteiger partial charge on any atom is 0.131 e. The van der Waals surface area contributed by atoms with Gasteiger partial charge in [-0.05, 0) is 36.5 Å². The second-order valence-electron chi connectivity index (χ2n) is 4.79. The van der Waals surface area contributed by atoms with Crippen molar-refractivity contribution in [1.29, 1.82) is 0 Å². The first-order chi connectivity index (χ1) is 8.81. The number of rotatable bonds is 3. The summed E-state index contributed by atoms with van der Waals surface area (Å²) >= 11 is 5.86. The predicted octanol–water partition coefficient (Wildman–Crippen LogP) is 4.09. The first kappa shape index (κ1) is 11.5. The molecule has 1 aliphatic carbocycles. The van der Waals surface area contributed by atoms with Crippen LogP contribution in [0.3, 0.4) is 0 Å². The molecule has 0 amide bonds. The molecule has 0 atom stereocenters. The molecule has 3 rings (SSSR count). The molecule has 1 fully saturated rings. The van der Waals surface area contributed by atoms with Gasteiger partial charge in [-0.25, -0.2) is 4.98 Å². The van der Waals surface area contributed by atoms with Crippen molar-refractivity contribution in [3.63, 3.8) is 0 Å². The van der Waals surface area contributed by atoms with Crippen LogP contribution < -0.4 is 5.32 Å². The normalized spacial score (nSPS) is 22.3. The van der Waals surface area contributed by atoms with E-state index in [1.54, 1.807) is 6.20 Å². The average molecular weight is 259 g/mol. The molecule has 2 nitrogen and oxygen atoms in total. The number of benzene rings is 1. The van der Waals surface area contributed by atoms with Gasteiger partial charge in [0.05, 0.1) is 0 Å². The fourth-order valence-electron chi connectivity index (χ4n) is 2.46. The number of anilines is 1. The van der Waals surface area contributed by atoms with Crippen LogP contribution in [-0.2, 0) is 0 Å². The van der Waals surface area contributed by atoms with Gasteiger partial charge in [-0.2, -0.15) is 0 Å². The van der Waals surface area contributed by atoms with E-state index in [1.165, 1.54) is 18.4 Å². The Kier molecular flexibility index (Phi) is 3.20. The summed E-state index contributed by atoms with van der Waals surface area (Å²) in [5, 5.41) is 4.04. The minimum Gasteiger partial charge on any atom is -0.382 e. The lowest BCUT2D eigenvalue weighted by Crippen LogP contribution is -2.33. The number of nitrogens with one attached hydrogen (secondary N) is 1. The molecule has 0 spiro atoms. The lowest BCUT2D eigenvalue weighted by atomic mass is 9.76. The summed E-state index contributed by atoms with van der Waals surface area (Å²) in [7, 11) is 0. The van der Waals surface area contributed by atoms with E-state index in [1.807, 2.05) is 12.1 Å². The number of nitrogens with zero attached hydrogens (tertiary/aromatic N) is 1. The zero-order valence-corrected chi connectivity index (χ0v) is 10.8. The van der Waals surface area contributed by atoms with Crippen molar-refractivity contribution in [2.45, 2.75) is 24.8 Å². The summed E-state index contributed by atoms with van der Waals surface area (Å²) in [6.45, 7) is 0. The standard InChI is InChI=1S/C15H15ClN2/c16-15-10-13(6-7-17-15)18-14-8-12(9-14)11-4-2-1-3-5-11/h1-7,10,12,14H,8-9H2,(H,17,18). The Bertz CT molecular complexity index is 521. The number of hydrogen-bond acceptors (Lipinski definition) is 2. The minimum atomic E-state index is 0.541. The van der Waals surface area contributed by atoms with Gasteiger partial charge in [-0.3, -0.25) is 0 Å². The Balaban J connectivity index is 1.57. The van der Waals surface area contributed by atoms with E-state index >= 15 is 0 Å². The lowest BCUT2D eigenvalue weighted by molar-refractivity contribution is 0.374. The van der Waals surface area contributed by atoms with Crippen molar-refractivity contribution in [2.75, 3.05) is 5.32 Å². The summed E-state index contributed by atoms with van der Waals surface area (Å²) in [6, 6.07) is 15.1. The summed E-state index contributed by atoms with van der Waals surface area (Å²) in [4.78, 5) is 3.98. The molecule has 92 valence electrons. The van der Waals surface area contributed by atoms with Crippen LogP contribution in [0, 0.1) is 0 Å². The molecule has 1 N–H and O–H groups in total. The van der Waals surface area contributed by atoms with E-state index in [0.717, 1.165) is 5.69 Å². The molecule has 3 heteroatoms. The second-order valence-corrected chi connectivity index (χ2v) is 5.17. The first-order valence-corrected chi connectivity index (χ1v) is 6.62. The van der Waals surface area contributed by atoms with Crippen LogP contribution in [0.15, 0.2) is 48.7 Å². The highest BCUT2D eigenvalue weighted by atomic mass is 35.5. The van der Waals surface area contributed by atoms with E-state index in [9.17, 15) is 0 Å². The Hall–Kier alpha value is -1.54. The zero-order chi connectivity index (χ0) is 12.4. The molecule has 1 aliphatic rings. The second kappa shape index (κ2) is 4.99. The molecule has 1 heterocycles. The summed E-state index contributed by atoms with van der Waals surface area (Å²) < 4.78 is 0. The van der Waals surface area contributed by atoms with Crippen LogP contribution in [0.2, 0.25) is 5.15 Å². The van der Waals surface area contributed by atoms with Gasteiger partial charge < -0.3 is 5.32 Å². The number of pyridine rings is 1. The first-order valence-electron chi connectivity index (χ1n) is 6.24. The highest BCUT2D eigenvalue weighted by molar-refractivity contribution is 6.29. The van der Waals surface area contributed by atoms with Crippen LogP contribution in [0.5, 0.6) is 0 Å². The fourth-order valence-corrected chi connectivity index (χ4v) is 2.63. The fraction of sp³-hybridized carbons (Fsp3) is 0.267. The molecule has 2 aromatic rings. The molecule has 0 aliphatic heterocycles. The number of aromatic nitrogens is 1. The minimum absolute atomic E-state index is 0.541. The van der Waals surface area contributed by atoms with E-state index < -0.39 is 0 Å². The Morgan fingerprint density at radius 2 is 1.89 bits per heavy atom. The van der Waals surface area contributed by atoms with E-state index in [-0.39, 0.29) is 0 Å². The quantitative estimate of drug-likeness (QED) is 0.839. The van der Waals surface area contributed by atoms with Crippen molar-refractivity contribution in [1.82, 2.24) is 4.98 Å². The molecular weight excluding hydrogens is 244 g/mol. The van der Waals surface area contributed by atoms with Gasteiger partial charge in [0.15, 0.2) is 0 Å². The predicted molar refractivity (Wildman–Crippen MR) is 75.1 cm³/mol. The summed E-state index contributed by atoms with van der Waals surface area (Å²) in [5.41, 5.74) is 2.51. The van der Waals surface area contributed by atoms with Gasteiger partial charge in [-0.15, -0.1) is 0 Å². The van der Waals surface area contributed by atoms with Gasteiger partial charge in [-0.1, -0.05) is 41.9 Å². The van der Waals surface area contributed by atoms with E-state index in [4.69, 9.17) is 11.6 Å². The highest BCUT2D eigenvalue weighted by Gasteiger charge is 2.29. The third-order valence-corrected chi connectivity index (χ3v) is 3.71.